The molecule has 1 aliphatic heterocycles. The first-order valence-corrected chi connectivity index (χ1v) is 23.9. The van der Waals surface area contributed by atoms with Crippen LogP contribution >= 0.6 is 11.6 Å². The van der Waals surface area contributed by atoms with Crippen LogP contribution in [0.4, 0.5) is 11.4 Å². The zero-order valence-electron chi connectivity index (χ0n) is 37.1. The summed E-state index contributed by atoms with van der Waals surface area (Å²) in [7, 11) is 1.88. The summed E-state index contributed by atoms with van der Waals surface area (Å²) in [4.78, 5) is 67.0. The molecule has 4 bridgehead atoms. The molecular weight excluding hydrogens is 830 g/mol. The number of aryl methyl sites for hydroxylation is 2. The Morgan fingerprint density at radius 2 is 1.45 bits per heavy atom. The number of nitrogens with one attached hydrogen (secondary N) is 3. The van der Waals surface area contributed by atoms with Gasteiger partial charge in [-0.05, 0) is 150 Å². The van der Waals surface area contributed by atoms with Crippen LogP contribution < -0.4 is 10.6 Å². The van der Waals surface area contributed by atoms with Gasteiger partial charge >= 0.3 is 11.9 Å². The number of imidazole rings is 2. The molecule has 0 spiro atoms. The van der Waals surface area contributed by atoms with Crippen LogP contribution in [0.25, 0.3) is 11.1 Å². The van der Waals surface area contributed by atoms with Crippen molar-refractivity contribution in [3.8, 4) is 11.1 Å². The smallest absolute Gasteiger partial charge is 0.309 e. The van der Waals surface area contributed by atoms with Gasteiger partial charge in [0, 0.05) is 55.7 Å². The zero-order valence-corrected chi connectivity index (χ0v) is 37.8. The first kappa shape index (κ1) is 42.9. The Labute approximate surface area is 379 Å². The lowest BCUT2D eigenvalue weighted by molar-refractivity contribution is -0.149. The van der Waals surface area contributed by atoms with E-state index in [1.165, 1.54) is 0 Å². The Kier molecular flexibility index (Phi) is 10.8. The van der Waals surface area contributed by atoms with Gasteiger partial charge in [-0.2, -0.15) is 0 Å². The molecule has 2 aromatic heterocycles. The number of benzene rings is 2. The Morgan fingerprint density at radius 1 is 0.797 bits per heavy atom. The molecule has 5 N–H and O–H groups in total. The minimum atomic E-state index is -0.645. The molecule has 13 nitrogen and oxygen atoms in total. The number of hydrogen-bond acceptors (Lipinski definition) is 7. The van der Waals surface area contributed by atoms with E-state index < -0.39 is 22.8 Å². The molecule has 6 aliphatic rings. The summed E-state index contributed by atoms with van der Waals surface area (Å²) < 4.78 is 1.88. The highest BCUT2D eigenvalue weighted by Gasteiger charge is 2.59. The molecule has 4 fully saturated rings. The fourth-order valence-electron chi connectivity index (χ4n) is 13.3. The number of nitrogens with zero attached hydrogens (tertiary/aromatic N) is 4. The highest BCUT2D eigenvalue weighted by Crippen LogP contribution is 2.64. The standard InChI is InChI=1S/C50H60ClN7O6/c1-30-32(7-4-9-34(30)55-43(59)41-52-35-10-3-6-31(12-13-36(35)53-41)14-16-47-17-21-49(27-47,22-18-47)45(61)62)33-8-5-11-37(40(33)51)56-44(60)42-54-38-26-58(25-15-39(38)57(42)2)29-48-19-23-50(28-48,24-20-48)46(63)64/h4-5,7-9,11,31H,3,6,10,12-29H2,1-2H3,(H,52,53)(H,55,59)(H,56,60)(H,61,62)(H,63,64). The van der Waals surface area contributed by atoms with Crippen molar-refractivity contribution in [1.82, 2.24) is 24.4 Å². The summed E-state index contributed by atoms with van der Waals surface area (Å²) in [5.74, 6) is -0.718. The number of carbonyl (C=O) groups is 4. The quantitative estimate of drug-likeness (QED) is 0.0926. The Bertz CT molecular complexity index is 2540. The number of hydrogen-bond donors (Lipinski definition) is 5. The van der Waals surface area contributed by atoms with Crippen molar-refractivity contribution >= 4 is 46.7 Å². The molecule has 4 saturated carbocycles. The Balaban J connectivity index is 0.774. The molecule has 0 radical (unpaired) electrons. The van der Waals surface area contributed by atoms with E-state index >= 15 is 0 Å². The summed E-state index contributed by atoms with van der Waals surface area (Å²) in [6.07, 6.45) is 16.6. The maximum atomic E-state index is 13.9. The van der Waals surface area contributed by atoms with Crippen LogP contribution in [0.3, 0.4) is 0 Å². The SMILES string of the molecule is Cc1c(NC(=O)c2nc3c([nH]2)CCCC(CCC24CCC(C(=O)O)(CC2)C4)CC3)cccc1-c1cccc(NC(=O)c2nc3c(n2C)CCN(CC24CCC(C(=O)O)(CC2)C4)C3)c1Cl. The van der Waals surface area contributed by atoms with E-state index in [0.717, 1.165) is 163 Å². The minimum absolute atomic E-state index is 0.0492. The van der Waals surface area contributed by atoms with Gasteiger partial charge in [-0.3, -0.25) is 24.1 Å². The molecule has 5 aliphatic carbocycles. The molecule has 4 aromatic rings. The summed E-state index contributed by atoms with van der Waals surface area (Å²) in [6.45, 7) is 4.27. The molecule has 64 heavy (non-hydrogen) atoms. The lowest BCUT2D eigenvalue weighted by atomic mass is 9.76. The summed E-state index contributed by atoms with van der Waals surface area (Å²) >= 11 is 7.07. The third kappa shape index (κ3) is 7.53. The number of aliphatic carboxylic acids is 2. The van der Waals surface area contributed by atoms with E-state index in [1.54, 1.807) is 6.07 Å². The van der Waals surface area contributed by atoms with Gasteiger partial charge in [-0.1, -0.05) is 42.3 Å². The van der Waals surface area contributed by atoms with Gasteiger partial charge in [0.05, 0.1) is 32.9 Å². The van der Waals surface area contributed by atoms with E-state index in [2.05, 4.69) is 20.5 Å². The predicted molar refractivity (Wildman–Crippen MR) is 243 cm³/mol. The van der Waals surface area contributed by atoms with Gasteiger partial charge in [0.2, 0.25) is 0 Å². The molecule has 10 rings (SSSR count). The van der Waals surface area contributed by atoms with Crippen LogP contribution in [0.2, 0.25) is 5.02 Å². The first-order valence-electron chi connectivity index (χ1n) is 23.5. The van der Waals surface area contributed by atoms with Gasteiger partial charge in [0.25, 0.3) is 11.8 Å². The Morgan fingerprint density at radius 3 is 2.16 bits per heavy atom. The van der Waals surface area contributed by atoms with Crippen LogP contribution in [-0.2, 0) is 42.4 Å². The number of carboxylic acid groups (broad SMARTS) is 2. The molecule has 14 heteroatoms. The van der Waals surface area contributed by atoms with Gasteiger partial charge in [0.1, 0.15) is 0 Å². The van der Waals surface area contributed by atoms with E-state index in [9.17, 15) is 29.4 Å². The first-order chi connectivity index (χ1) is 30.7. The molecule has 1 unspecified atom stereocenters. The number of H-pyrrole nitrogens is 1. The number of fused-ring (bicyclic) bond motifs is 6. The van der Waals surface area contributed by atoms with Crippen molar-refractivity contribution in [1.29, 1.82) is 0 Å². The number of carboxylic acids is 2. The van der Waals surface area contributed by atoms with E-state index in [1.807, 2.05) is 48.9 Å². The van der Waals surface area contributed by atoms with Crippen LogP contribution in [0.1, 0.15) is 146 Å². The fraction of sp³-hybridized carbons (Fsp3) is 0.560. The van der Waals surface area contributed by atoms with E-state index in [4.69, 9.17) is 21.6 Å². The highest BCUT2D eigenvalue weighted by molar-refractivity contribution is 6.36. The number of rotatable bonds is 12. The second-order valence-corrected chi connectivity index (χ2v) is 21.2. The minimum Gasteiger partial charge on any atom is -0.481 e. The number of carbonyl (C=O) groups excluding carboxylic acids is 2. The van der Waals surface area contributed by atoms with Gasteiger partial charge in [-0.15, -0.1) is 0 Å². The lowest BCUT2D eigenvalue weighted by Gasteiger charge is -2.35. The summed E-state index contributed by atoms with van der Waals surface area (Å²) in [5.41, 5.74) is 6.60. The summed E-state index contributed by atoms with van der Waals surface area (Å²) in [5, 5.41) is 26.3. The van der Waals surface area contributed by atoms with Crippen LogP contribution in [0.15, 0.2) is 36.4 Å². The van der Waals surface area contributed by atoms with Gasteiger partial charge in [-0.25, -0.2) is 9.97 Å². The van der Waals surface area contributed by atoms with Crippen molar-refractivity contribution in [2.45, 2.75) is 129 Å². The average Bonchev–Trinajstić information content (AvgIpc) is 4.13. The second-order valence-electron chi connectivity index (χ2n) is 20.8. The number of halogens is 1. The number of aromatic amines is 1. The maximum absolute atomic E-state index is 13.9. The highest BCUT2D eigenvalue weighted by atomic mass is 35.5. The molecule has 1 atom stereocenters. The number of aromatic nitrogens is 4. The normalized spacial score (nSPS) is 28.3. The maximum Gasteiger partial charge on any atom is 0.309 e. The monoisotopic (exact) mass is 889 g/mol. The summed E-state index contributed by atoms with van der Waals surface area (Å²) in [6, 6.07) is 11.2. The van der Waals surface area contributed by atoms with Crippen molar-refractivity contribution in [2.24, 2.45) is 34.6 Å². The van der Waals surface area contributed by atoms with Crippen LogP contribution in [0.5, 0.6) is 0 Å². The molecule has 2 amide bonds. The zero-order chi connectivity index (χ0) is 44.6. The predicted octanol–water partition coefficient (Wildman–Crippen LogP) is 9.37. The fourth-order valence-corrected chi connectivity index (χ4v) is 13.5. The molecule has 338 valence electrons. The third-order valence-electron chi connectivity index (χ3n) is 17.1. The average molecular weight is 891 g/mol. The topological polar surface area (TPSA) is 183 Å². The van der Waals surface area contributed by atoms with E-state index in [-0.39, 0.29) is 22.6 Å². The molecule has 2 aromatic carbocycles. The van der Waals surface area contributed by atoms with Gasteiger partial charge in [0.15, 0.2) is 11.6 Å². The van der Waals surface area contributed by atoms with Crippen molar-refractivity contribution in [3.05, 3.63) is 81.4 Å². The Hall–Kier alpha value is -5.01. The largest absolute Gasteiger partial charge is 0.481 e. The van der Waals surface area contributed by atoms with E-state index in [0.29, 0.717) is 46.1 Å². The molecule has 0 saturated heterocycles. The van der Waals surface area contributed by atoms with Crippen molar-refractivity contribution in [3.63, 3.8) is 0 Å². The number of amides is 2. The second kappa shape index (κ2) is 16.2. The molecular formula is C50H60ClN7O6. The van der Waals surface area contributed by atoms with Crippen LogP contribution in [0, 0.1) is 34.5 Å². The van der Waals surface area contributed by atoms with Crippen molar-refractivity contribution < 1.29 is 29.4 Å². The van der Waals surface area contributed by atoms with Crippen molar-refractivity contribution in [2.75, 3.05) is 23.7 Å². The van der Waals surface area contributed by atoms with Gasteiger partial charge < -0.3 is 30.4 Å². The lowest BCUT2D eigenvalue weighted by Crippen LogP contribution is -2.39. The van der Waals surface area contributed by atoms with Crippen LogP contribution in [-0.4, -0.2) is 71.5 Å². The molecule has 3 heterocycles. The number of anilines is 2. The third-order valence-corrected chi connectivity index (χ3v) is 17.5.